The summed E-state index contributed by atoms with van der Waals surface area (Å²) in [4.78, 5) is 55.7. The zero-order chi connectivity index (χ0) is 87.4. The maximum Gasteiger partial charge on any atom is 0.435 e. The smallest absolute Gasteiger partial charge is 0.435 e. The van der Waals surface area contributed by atoms with E-state index in [9.17, 15) is 36.2 Å². The number of amides is 1. The van der Waals surface area contributed by atoms with Crippen LogP contribution < -0.4 is 52.6 Å². The summed E-state index contributed by atoms with van der Waals surface area (Å²) in [5, 5.41) is 22.9. The van der Waals surface area contributed by atoms with Gasteiger partial charge in [0.05, 0.1) is 157 Å². The van der Waals surface area contributed by atoms with Crippen molar-refractivity contribution in [1.29, 1.82) is 0 Å². The number of rotatable bonds is 21. The number of hydrogen-bond acceptors (Lipinski definition) is 25. The third-order valence-electron chi connectivity index (χ3n) is 19.1. The van der Waals surface area contributed by atoms with Gasteiger partial charge in [-0.05, 0) is 87.7 Å². The molecule has 0 radical (unpaired) electrons. The van der Waals surface area contributed by atoms with E-state index in [1.54, 1.807) is 116 Å². The Bertz CT molecular complexity index is 5970. The van der Waals surface area contributed by atoms with Gasteiger partial charge < -0.3 is 67.3 Å². The van der Waals surface area contributed by atoms with Crippen LogP contribution in [-0.2, 0) is 38.2 Å². The van der Waals surface area contributed by atoms with Crippen LogP contribution in [0.4, 0.5) is 65.3 Å². The SMILES string of the molecule is CCCN(c1cc(OC)cc(OC)c1)c1ccc2ncc(-c3c(C(F)(F)F)nn(C)c3C(F)(F)F)nc2c1.COc1cc(OC)cc(N(CC#CC2(O)CCN(C(=O)OC(C)(C)C)CC2)c2ccc3ncc(-c4cnn(C)c4)nc3c2)c1.COc1cc(OC)cc(N(CC#Cc2cc(OC)nc(OC)n2)c2ccc3ncc(-c4cnn(C)c4)nc3c2)c1. The van der Waals surface area contributed by atoms with Gasteiger partial charge in [0.25, 0.3) is 0 Å². The number of carbonyl (C=O) groups is 1. The quantitative estimate of drug-likeness (QED) is 0.0516. The minimum Gasteiger partial charge on any atom is -0.497 e. The van der Waals surface area contributed by atoms with Gasteiger partial charge in [-0.15, -0.1) is 0 Å². The zero-order valence-corrected chi connectivity index (χ0v) is 69.5. The van der Waals surface area contributed by atoms with Crippen LogP contribution in [0.1, 0.15) is 64.0 Å². The molecule has 1 N–H and O–H groups in total. The lowest BCUT2D eigenvalue weighted by atomic mass is 9.92. The van der Waals surface area contributed by atoms with E-state index in [2.05, 4.69) is 68.9 Å². The summed E-state index contributed by atoms with van der Waals surface area (Å²) in [5.41, 5.74) is 4.84. The first-order valence-corrected chi connectivity index (χ1v) is 38.0. The lowest BCUT2D eigenvalue weighted by molar-refractivity contribution is -0.143. The standard InChI is InChI=1S/C33H38N6O5.C29H27N7O4.C25H23F6N5O2/c1-32(2,3)44-31(40)38-14-11-33(41,12-15-38)10-7-13-39(25-16-26(42-5)19-27(17-25)43-6)24-8-9-28-29(18-24)36-30(21-34-28)23-20-35-37(4)22-23;1-35-18-19(16-31-35)27-17-30-25-9-8-21(14-26(25)33-27)36(22-12-23(37-2)15-24(13-22)38-3)10-6-7-20-11-28(39-4)34-29(32-20)40-5;1-5-8-36(15-9-16(37-3)12-17(10-15)38-4)14-6-7-18-19(11-14)33-20(13-32-18)21-22(24(26,27)28)34-35(2)23(21)25(29,30)31/h8-9,16-22,41H,11-15H2,1-6H3;8-9,11-18H,10H2,1-5H3;6-7,9-13H,5,8H2,1-4H3. The average Bonchev–Trinajstić information content (AvgIpc) is 1.58. The van der Waals surface area contributed by atoms with Crippen LogP contribution >= 0.6 is 0 Å². The second-order valence-electron chi connectivity index (χ2n) is 28.7. The van der Waals surface area contributed by atoms with Crippen molar-refractivity contribution in [3.05, 3.63) is 176 Å². The molecule has 8 heterocycles. The number of ether oxygens (including phenoxy) is 9. The lowest BCUT2D eigenvalue weighted by Gasteiger charge is -2.36. The Morgan fingerprint density at radius 2 is 0.918 bits per heavy atom. The first-order valence-electron chi connectivity index (χ1n) is 38.0. The molecule has 29 nitrogen and oxygen atoms in total. The molecule has 14 rings (SSSR count). The summed E-state index contributed by atoms with van der Waals surface area (Å²) in [6.45, 7) is 9.30. The van der Waals surface area contributed by atoms with Gasteiger partial charge in [-0.3, -0.25) is 29.0 Å². The Morgan fingerprint density at radius 1 is 0.492 bits per heavy atom. The Labute approximate surface area is 698 Å². The normalized spacial score (nSPS) is 12.5. The molecule has 0 bridgehead atoms. The summed E-state index contributed by atoms with van der Waals surface area (Å²) < 4.78 is 135. The summed E-state index contributed by atoms with van der Waals surface area (Å²) in [5.74, 6) is 16.6. The maximum atomic E-state index is 13.8. The van der Waals surface area contributed by atoms with Crippen LogP contribution in [0.5, 0.6) is 46.4 Å². The number of likely N-dealkylation sites (tertiary alicyclic amines) is 1. The molecule has 1 fully saturated rings. The van der Waals surface area contributed by atoms with E-state index in [-0.39, 0.29) is 28.8 Å². The van der Waals surface area contributed by atoms with Gasteiger partial charge in [-0.25, -0.2) is 19.7 Å². The van der Waals surface area contributed by atoms with Crippen molar-refractivity contribution in [2.24, 2.45) is 21.1 Å². The number of aromatic nitrogens is 14. The third kappa shape index (κ3) is 21.1. The number of piperidine rings is 1. The number of fused-ring (bicyclic) bond motifs is 3. The molecule has 6 aromatic carbocycles. The summed E-state index contributed by atoms with van der Waals surface area (Å²) in [6, 6.07) is 35.0. The zero-order valence-electron chi connectivity index (χ0n) is 69.5. The number of nitrogens with zero attached hydrogens (tertiary/aromatic N) is 18. The number of aryl methyl sites for hydroxylation is 3. The minimum atomic E-state index is -5.14. The maximum absolute atomic E-state index is 13.8. The van der Waals surface area contributed by atoms with Crippen molar-refractivity contribution >= 4 is 73.3 Å². The highest BCUT2D eigenvalue weighted by atomic mass is 19.4. The van der Waals surface area contributed by atoms with Crippen molar-refractivity contribution in [3.63, 3.8) is 0 Å². The lowest BCUT2D eigenvalue weighted by Crippen LogP contribution is -2.47. The fourth-order valence-electron chi connectivity index (χ4n) is 13.1. The van der Waals surface area contributed by atoms with Crippen LogP contribution in [0.25, 0.3) is 66.9 Å². The monoisotopic (exact) mass is 1670 g/mol. The van der Waals surface area contributed by atoms with Gasteiger partial charge in [0.1, 0.15) is 51.4 Å². The van der Waals surface area contributed by atoms with Gasteiger partial charge in [0.15, 0.2) is 11.4 Å². The fourth-order valence-corrected chi connectivity index (χ4v) is 13.1. The molecule has 1 amide bonds. The molecule has 1 aliphatic rings. The average molecular weight is 1680 g/mol. The van der Waals surface area contributed by atoms with Crippen molar-refractivity contribution in [2.75, 3.05) is 104 Å². The van der Waals surface area contributed by atoms with Crippen LogP contribution in [-0.4, -0.2) is 186 Å². The fraction of sp³-hybridized carbons (Fsp3) is 0.310. The summed E-state index contributed by atoms with van der Waals surface area (Å²) in [6.07, 6.45) is 2.45. The first kappa shape index (κ1) is 87.1. The number of halogens is 6. The molecule has 0 aliphatic carbocycles. The van der Waals surface area contributed by atoms with Crippen molar-refractivity contribution in [2.45, 2.75) is 70.5 Å². The Kier molecular flexibility index (Phi) is 26.7. The van der Waals surface area contributed by atoms with E-state index in [1.165, 1.54) is 28.4 Å². The number of carbonyl (C=O) groups excluding carboxylic acids is 1. The molecule has 0 saturated carbocycles. The number of methoxy groups -OCH3 is 8. The molecule has 1 aliphatic heterocycles. The Balaban J connectivity index is 0.000000168. The number of alkyl halides is 6. The molecule has 634 valence electrons. The molecule has 35 heteroatoms. The van der Waals surface area contributed by atoms with E-state index in [4.69, 9.17) is 52.6 Å². The summed E-state index contributed by atoms with van der Waals surface area (Å²) >= 11 is 0. The predicted octanol–water partition coefficient (Wildman–Crippen LogP) is 15.6. The second-order valence-corrected chi connectivity index (χ2v) is 28.7. The second kappa shape index (κ2) is 37.4. The summed E-state index contributed by atoms with van der Waals surface area (Å²) in [7, 11) is 17.0. The third-order valence-corrected chi connectivity index (χ3v) is 19.1. The van der Waals surface area contributed by atoms with Crippen LogP contribution in [0.2, 0.25) is 0 Å². The molecule has 1 saturated heterocycles. The number of aliphatic hydroxyl groups is 1. The van der Waals surface area contributed by atoms with Crippen LogP contribution in [0, 0.1) is 23.7 Å². The first-order chi connectivity index (χ1) is 58.3. The number of benzene rings is 6. The minimum absolute atomic E-state index is 0.112. The predicted molar refractivity (Wildman–Crippen MR) is 447 cm³/mol. The molecule has 0 unspecified atom stereocenters. The molecular formula is C87H88F6N18O11. The van der Waals surface area contributed by atoms with Crippen LogP contribution in [0.3, 0.4) is 0 Å². The van der Waals surface area contributed by atoms with Gasteiger partial charge >= 0.3 is 24.5 Å². The highest BCUT2D eigenvalue weighted by molar-refractivity contribution is 5.86. The van der Waals surface area contributed by atoms with Gasteiger partial charge in [-0.2, -0.15) is 51.6 Å². The number of anilines is 6. The van der Waals surface area contributed by atoms with Gasteiger partial charge in [-0.1, -0.05) is 24.7 Å². The van der Waals surface area contributed by atoms with Gasteiger partial charge in [0.2, 0.25) is 5.88 Å². The van der Waals surface area contributed by atoms with Crippen molar-refractivity contribution in [3.8, 4) is 104 Å². The van der Waals surface area contributed by atoms with E-state index < -0.39 is 46.2 Å². The van der Waals surface area contributed by atoms with Crippen molar-refractivity contribution in [1.82, 2.24) is 74.1 Å². The topological polar surface area (TPSA) is 290 Å². The highest BCUT2D eigenvalue weighted by Crippen LogP contribution is 2.45. The Hall–Kier alpha value is -14.2. The highest BCUT2D eigenvalue weighted by Gasteiger charge is 2.47. The Morgan fingerprint density at radius 3 is 1.31 bits per heavy atom. The number of hydrogen-bond donors (Lipinski definition) is 1. The van der Waals surface area contributed by atoms with Crippen molar-refractivity contribution < 1.29 is 78.9 Å². The van der Waals surface area contributed by atoms with Gasteiger partial charge in [0, 0.05) is 172 Å². The molecule has 0 atom stereocenters. The molecule has 122 heavy (non-hydrogen) atoms. The largest absolute Gasteiger partial charge is 0.497 e. The van der Waals surface area contributed by atoms with E-state index in [1.807, 2.05) is 136 Å². The van der Waals surface area contributed by atoms with Crippen LogP contribution in [0.15, 0.2) is 159 Å². The molecule has 7 aromatic heterocycles. The molecule has 0 spiro atoms. The van der Waals surface area contributed by atoms with E-state index in [0.29, 0.717) is 107 Å². The van der Waals surface area contributed by atoms with E-state index >= 15 is 0 Å². The van der Waals surface area contributed by atoms with E-state index in [0.717, 1.165) is 81.5 Å². The molecule has 13 aromatic rings. The molecular weight excluding hydrogens is 1590 g/mol.